The second kappa shape index (κ2) is 4.91. The molecule has 0 heterocycles. The zero-order valence-electron chi connectivity index (χ0n) is 15.1. The molecule has 0 bridgehead atoms. The van der Waals surface area contributed by atoms with Gasteiger partial charge in [-0.2, -0.15) is 0 Å². The Hall–Kier alpha value is -3.82. The summed E-state index contributed by atoms with van der Waals surface area (Å²) >= 11 is 0. The highest BCUT2D eigenvalue weighted by molar-refractivity contribution is 6.36. The lowest BCUT2D eigenvalue weighted by atomic mass is 9.87. The van der Waals surface area contributed by atoms with Gasteiger partial charge in [-0.3, -0.25) is 0 Å². The van der Waals surface area contributed by atoms with E-state index in [4.69, 9.17) is 0 Å². The van der Waals surface area contributed by atoms with E-state index >= 15 is 0 Å². The molecule has 0 saturated carbocycles. The van der Waals surface area contributed by atoms with Gasteiger partial charge in [-0.1, -0.05) is 72.1 Å². The van der Waals surface area contributed by atoms with E-state index < -0.39 is 0 Å². The molecule has 0 aliphatic heterocycles. The molecule has 6 aromatic carbocycles. The maximum absolute atomic E-state index is 3.35. The molecule has 0 amide bonds. The highest BCUT2D eigenvalue weighted by Gasteiger charge is 2.15. The molecular formula is C28H14. The Bertz CT molecular complexity index is 1820. The van der Waals surface area contributed by atoms with E-state index in [1.807, 2.05) is 6.08 Å². The van der Waals surface area contributed by atoms with Crippen molar-refractivity contribution in [3.63, 3.8) is 0 Å². The molecular weight excluding hydrogens is 336 g/mol. The first-order valence-electron chi connectivity index (χ1n) is 9.63. The van der Waals surface area contributed by atoms with E-state index in [1.165, 1.54) is 59.1 Å². The molecule has 0 unspecified atom stereocenters. The zero-order chi connectivity index (χ0) is 18.2. The topological polar surface area (TPSA) is 0 Å². The molecule has 1 aliphatic carbocycles. The molecule has 0 fully saturated rings. The molecule has 126 valence electrons. The fraction of sp³-hybridized carbons (Fsp3) is 0. The SMILES string of the molecule is C1=C=c2c(cc3c4cccc5c6ccccc6cc(c6cccc2c36)c54)=CC=1. The highest BCUT2D eigenvalue weighted by Crippen LogP contribution is 2.41. The average Bonchev–Trinajstić information content (AvgIpc) is 2.77. The van der Waals surface area contributed by atoms with E-state index in [-0.39, 0.29) is 0 Å². The van der Waals surface area contributed by atoms with Gasteiger partial charge in [0.2, 0.25) is 0 Å². The highest BCUT2D eigenvalue weighted by atomic mass is 14.2. The summed E-state index contributed by atoms with van der Waals surface area (Å²) in [5, 5.41) is 15.6. The molecule has 0 heteroatoms. The number of rotatable bonds is 0. The quantitative estimate of drug-likeness (QED) is 0.185. The van der Waals surface area contributed by atoms with Crippen molar-refractivity contribution < 1.29 is 0 Å². The number of hydrogen-bond donors (Lipinski definition) is 0. The summed E-state index contributed by atoms with van der Waals surface area (Å²) in [6.07, 6.45) is 4.10. The first-order chi connectivity index (χ1) is 13.9. The summed E-state index contributed by atoms with van der Waals surface area (Å²) in [5.41, 5.74) is 6.49. The first-order valence-corrected chi connectivity index (χ1v) is 9.63. The summed E-state index contributed by atoms with van der Waals surface area (Å²) in [4.78, 5) is 0. The Balaban J connectivity index is 1.95. The van der Waals surface area contributed by atoms with Crippen molar-refractivity contribution in [2.75, 3.05) is 0 Å². The fourth-order valence-corrected chi connectivity index (χ4v) is 5.06. The van der Waals surface area contributed by atoms with E-state index in [0.717, 1.165) is 5.22 Å². The van der Waals surface area contributed by atoms with E-state index in [2.05, 4.69) is 90.3 Å². The van der Waals surface area contributed by atoms with Crippen LogP contribution in [0.5, 0.6) is 0 Å². The van der Waals surface area contributed by atoms with Crippen LogP contribution in [0.15, 0.2) is 84.6 Å². The average molecular weight is 350 g/mol. The summed E-state index contributed by atoms with van der Waals surface area (Å²) in [5.74, 6) is 0. The van der Waals surface area contributed by atoms with E-state index in [9.17, 15) is 0 Å². The minimum Gasteiger partial charge on any atom is -0.0695 e. The van der Waals surface area contributed by atoms with Crippen LogP contribution in [0.4, 0.5) is 0 Å². The van der Waals surface area contributed by atoms with Crippen molar-refractivity contribution >= 4 is 65.7 Å². The number of hydrogen-bond acceptors (Lipinski definition) is 0. The Morgan fingerprint density at radius 2 is 1.18 bits per heavy atom. The van der Waals surface area contributed by atoms with Crippen molar-refractivity contribution in [3.8, 4) is 0 Å². The standard InChI is InChI=1S/C28H14/c1-3-9-19-17(7-1)15-25-23-13-6-12-22-20-10-4-2-8-18(20)16-26(28(22)23)24-14-5-11-21(19)27(24)25/h1-3,5-9,11-16H. The second-order valence-corrected chi connectivity index (χ2v) is 7.59. The minimum atomic E-state index is 1.15. The molecule has 0 N–H and O–H groups in total. The van der Waals surface area contributed by atoms with Crippen molar-refractivity contribution in [2.45, 2.75) is 0 Å². The van der Waals surface area contributed by atoms with Crippen LogP contribution >= 0.6 is 0 Å². The van der Waals surface area contributed by atoms with Crippen LogP contribution in [0.3, 0.4) is 0 Å². The van der Waals surface area contributed by atoms with Crippen LogP contribution in [0.2, 0.25) is 0 Å². The van der Waals surface area contributed by atoms with Gasteiger partial charge in [-0.25, -0.2) is 0 Å². The van der Waals surface area contributed by atoms with Gasteiger partial charge in [-0.15, -0.1) is 0 Å². The van der Waals surface area contributed by atoms with Gasteiger partial charge < -0.3 is 0 Å². The molecule has 0 aromatic heterocycles. The number of benzene rings is 6. The van der Waals surface area contributed by atoms with E-state index in [1.54, 1.807) is 0 Å². The second-order valence-electron chi connectivity index (χ2n) is 7.59. The minimum absolute atomic E-state index is 1.15. The summed E-state index contributed by atoms with van der Waals surface area (Å²) < 4.78 is 0. The van der Waals surface area contributed by atoms with Gasteiger partial charge >= 0.3 is 0 Å². The largest absolute Gasteiger partial charge is 0.0695 e. The Kier molecular flexibility index (Phi) is 2.50. The van der Waals surface area contributed by atoms with E-state index in [0.29, 0.717) is 0 Å². The third kappa shape index (κ3) is 1.63. The monoisotopic (exact) mass is 350 g/mol. The lowest BCUT2D eigenvalue weighted by Crippen LogP contribution is -2.25. The Morgan fingerprint density at radius 3 is 2.04 bits per heavy atom. The van der Waals surface area contributed by atoms with Crippen LogP contribution in [0.1, 0.15) is 0 Å². The molecule has 1 aliphatic rings. The van der Waals surface area contributed by atoms with Crippen LogP contribution in [0.25, 0.3) is 65.7 Å². The summed E-state index contributed by atoms with van der Waals surface area (Å²) in [6.45, 7) is 0. The predicted octanol–water partition coefficient (Wildman–Crippen LogP) is 5.78. The normalized spacial score (nSPS) is 12.9. The molecule has 28 heavy (non-hydrogen) atoms. The first kappa shape index (κ1) is 14.3. The van der Waals surface area contributed by atoms with Crippen molar-refractivity contribution in [2.24, 2.45) is 0 Å². The molecule has 7 rings (SSSR count). The fourth-order valence-electron chi connectivity index (χ4n) is 5.06. The van der Waals surface area contributed by atoms with Gasteiger partial charge in [0.05, 0.1) is 0 Å². The van der Waals surface area contributed by atoms with Gasteiger partial charge in [0, 0.05) is 5.22 Å². The maximum Gasteiger partial charge on any atom is 0.0400 e. The van der Waals surface area contributed by atoms with Crippen molar-refractivity contribution in [3.05, 3.63) is 95.0 Å². The predicted molar refractivity (Wildman–Crippen MR) is 120 cm³/mol. The Labute approximate surface area is 161 Å². The van der Waals surface area contributed by atoms with Crippen LogP contribution in [-0.2, 0) is 0 Å². The molecule has 0 radical (unpaired) electrons. The van der Waals surface area contributed by atoms with Gasteiger partial charge in [-0.05, 0) is 83.4 Å². The number of allylic oxidation sites excluding steroid dienone is 1. The summed E-state index contributed by atoms with van der Waals surface area (Å²) in [7, 11) is 0. The third-order valence-electron chi connectivity index (χ3n) is 6.20. The zero-order valence-corrected chi connectivity index (χ0v) is 15.1. The lowest BCUT2D eigenvalue weighted by Gasteiger charge is -2.16. The molecule has 0 nitrogen and oxygen atoms in total. The van der Waals surface area contributed by atoms with Gasteiger partial charge in [0.1, 0.15) is 0 Å². The molecule has 0 saturated heterocycles. The molecule has 0 atom stereocenters. The van der Waals surface area contributed by atoms with Crippen LogP contribution in [0, 0.1) is 0 Å². The Morgan fingerprint density at radius 1 is 0.536 bits per heavy atom. The van der Waals surface area contributed by atoms with Gasteiger partial charge in [0.15, 0.2) is 0 Å². The number of fused-ring (bicyclic) bond motifs is 6. The van der Waals surface area contributed by atoms with Crippen LogP contribution in [-0.4, -0.2) is 0 Å². The van der Waals surface area contributed by atoms with Gasteiger partial charge in [0.25, 0.3) is 0 Å². The van der Waals surface area contributed by atoms with Crippen molar-refractivity contribution in [1.82, 2.24) is 0 Å². The summed E-state index contributed by atoms with van der Waals surface area (Å²) in [6, 6.07) is 26.8. The molecule has 0 spiro atoms. The third-order valence-corrected chi connectivity index (χ3v) is 6.20. The van der Waals surface area contributed by atoms with Crippen molar-refractivity contribution in [1.29, 1.82) is 0 Å². The smallest absolute Gasteiger partial charge is 0.0400 e. The van der Waals surface area contributed by atoms with Crippen LogP contribution < -0.4 is 10.4 Å². The maximum atomic E-state index is 3.35. The molecule has 6 aromatic rings. The lowest BCUT2D eigenvalue weighted by molar-refractivity contribution is 1.62.